The number of hydrogen-bond donors (Lipinski definition) is 1. The van der Waals surface area contributed by atoms with E-state index in [1.165, 1.54) is 11.3 Å². The van der Waals surface area contributed by atoms with Crippen molar-refractivity contribution >= 4 is 28.0 Å². The normalized spacial score (nSPS) is 10.8. The molecule has 4 aromatic rings. The van der Waals surface area contributed by atoms with Gasteiger partial charge in [-0.1, -0.05) is 6.07 Å². The second-order valence-electron chi connectivity index (χ2n) is 4.83. The van der Waals surface area contributed by atoms with Crippen LogP contribution in [0.15, 0.2) is 60.5 Å². The molecule has 112 valence electrons. The first-order valence-electron chi connectivity index (χ1n) is 6.90. The van der Waals surface area contributed by atoms with Crippen molar-refractivity contribution in [2.24, 2.45) is 0 Å². The Balaban J connectivity index is 1.56. The average molecular weight is 321 g/mol. The van der Waals surface area contributed by atoms with Gasteiger partial charge in [0.1, 0.15) is 11.3 Å². The van der Waals surface area contributed by atoms with Crippen molar-refractivity contribution in [2.45, 2.75) is 0 Å². The van der Waals surface area contributed by atoms with Crippen LogP contribution in [0.25, 0.3) is 16.9 Å². The number of amides is 1. The first kappa shape index (κ1) is 13.6. The number of anilines is 1. The van der Waals surface area contributed by atoms with Gasteiger partial charge in [0.15, 0.2) is 5.13 Å². The molecular weight excluding hydrogens is 310 g/mol. The van der Waals surface area contributed by atoms with Gasteiger partial charge < -0.3 is 4.40 Å². The highest BCUT2D eigenvalue weighted by molar-refractivity contribution is 7.14. The SMILES string of the molecule is O=C(Nc1nc(-c2cccnc2)cs1)c1cn2ccccc2n1. The van der Waals surface area contributed by atoms with Crippen molar-refractivity contribution < 1.29 is 4.79 Å². The summed E-state index contributed by atoms with van der Waals surface area (Å²) in [6.07, 6.45) is 6.99. The number of carbonyl (C=O) groups excluding carboxylic acids is 1. The molecule has 0 aliphatic carbocycles. The molecule has 0 saturated carbocycles. The average Bonchev–Trinajstić information content (AvgIpc) is 3.22. The van der Waals surface area contributed by atoms with Crippen LogP contribution in [0.1, 0.15) is 10.5 Å². The zero-order valence-corrected chi connectivity index (χ0v) is 12.7. The van der Waals surface area contributed by atoms with E-state index in [9.17, 15) is 4.79 Å². The maximum absolute atomic E-state index is 12.3. The summed E-state index contributed by atoms with van der Waals surface area (Å²) < 4.78 is 1.80. The van der Waals surface area contributed by atoms with Gasteiger partial charge in [-0.05, 0) is 24.3 Å². The summed E-state index contributed by atoms with van der Waals surface area (Å²) in [5, 5.41) is 5.20. The molecule has 0 radical (unpaired) electrons. The third-order valence-electron chi connectivity index (χ3n) is 3.28. The van der Waals surface area contributed by atoms with E-state index in [1.54, 1.807) is 23.0 Å². The number of pyridine rings is 2. The van der Waals surface area contributed by atoms with Crippen LogP contribution in [-0.2, 0) is 0 Å². The molecular formula is C16H11N5OS. The Bertz CT molecular complexity index is 943. The lowest BCUT2D eigenvalue weighted by atomic mass is 10.2. The largest absolute Gasteiger partial charge is 0.306 e. The number of nitrogens with zero attached hydrogens (tertiary/aromatic N) is 4. The number of carbonyl (C=O) groups is 1. The highest BCUT2D eigenvalue weighted by atomic mass is 32.1. The third-order valence-corrected chi connectivity index (χ3v) is 4.04. The second kappa shape index (κ2) is 5.62. The van der Waals surface area contributed by atoms with Gasteiger partial charge in [-0.25, -0.2) is 9.97 Å². The minimum Gasteiger partial charge on any atom is -0.306 e. The highest BCUT2D eigenvalue weighted by Crippen LogP contribution is 2.24. The van der Waals surface area contributed by atoms with E-state index in [0.29, 0.717) is 10.8 Å². The molecule has 23 heavy (non-hydrogen) atoms. The minimum absolute atomic E-state index is 0.277. The van der Waals surface area contributed by atoms with Crippen molar-refractivity contribution in [1.82, 2.24) is 19.4 Å². The maximum Gasteiger partial charge on any atom is 0.277 e. The number of imidazole rings is 1. The Morgan fingerprint density at radius 3 is 2.96 bits per heavy atom. The molecule has 0 saturated heterocycles. The van der Waals surface area contributed by atoms with Crippen molar-refractivity contribution in [3.63, 3.8) is 0 Å². The molecule has 0 fully saturated rings. The van der Waals surface area contributed by atoms with Crippen LogP contribution in [0.3, 0.4) is 0 Å². The summed E-state index contributed by atoms with van der Waals surface area (Å²) in [6.45, 7) is 0. The molecule has 0 aliphatic heterocycles. The summed E-state index contributed by atoms with van der Waals surface area (Å²) in [6, 6.07) is 9.39. The molecule has 0 aromatic carbocycles. The first-order valence-corrected chi connectivity index (χ1v) is 7.78. The van der Waals surface area contributed by atoms with Crippen molar-refractivity contribution in [2.75, 3.05) is 5.32 Å². The highest BCUT2D eigenvalue weighted by Gasteiger charge is 2.13. The molecule has 0 unspecified atom stereocenters. The third kappa shape index (κ3) is 2.69. The number of fused-ring (bicyclic) bond motifs is 1. The monoisotopic (exact) mass is 321 g/mol. The fourth-order valence-corrected chi connectivity index (χ4v) is 2.90. The zero-order valence-electron chi connectivity index (χ0n) is 11.9. The lowest BCUT2D eigenvalue weighted by molar-refractivity contribution is 0.102. The van der Waals surface area contributed by atoms with Crippen molar-refractivity contribution in [1.29, 1.82) is 0 Å². The molecule has 4 rings (SSSR count). The molecule has 6 nitrogen and oxygen atoms in total. The van der Waals surface area contributed by atoms with Crippen LogP contribution in [0.2, 0.25) is 0 Å². The number of hydrogen-bond acceptors (Lipinski definition) is 5. The van der Waals surface area contributed by atoms with Crippen LogP contribution in [-0.4, -0.2) is 25.3 Å². The van der Waals surface area contributed by atoms with E-state index in [2.05, 4.69) is 20.3 Å². The zero-order chi connectivity index (χ0) is 15.6. The molecule has 7 heteroatoms. The van der Waals surface area contributed by atoms with Gasteiger partial charge in [-0.3, -0.25) is 15.1 Å². The first-order chi connectivity index (χ1) is 11.3. The molecule has 1 amide bonds. The molecule has 0 spiro atoms. The summed E-state index contributed by atoms with van der Waals surface area (Å²) in [5.74, 6) is -0.277. The quantitative estimate of drug-likeness (QED) is 0.629. The number of aromatic nitrogens is 4. The number of rotatable bonds is 3. The molecule has 0 aliphatic rings. The molecule has 0 bridgehead atoms. The van der Waals surface area contributed by atoms with Crippen molar-refractivity contribution in [3.05, 3.63) is 66.2 Å². The van der Waals surface area contributed by atoms with Crippen LogP contribution in [0.4, 0.5) is 5.13 Å². The van der Waals surface area contributed by atoms with E-state index in [1.807, 2.05) is 41.9 Å². The van der Waals surface area contributed by atoms with Crippen molar-refractivity contribution in [3.8, 4) is 11.3 Å². The summed E-state index contributed by atoms with van der Waals surface area (Å²) >= 11 is 1.37. The van der Waals surface area contributed by atoms with Gasteiger partial charge in [0.2, 0.25) is 0 Å². The topological polar surface area (TPSA) is 72.2 Å². The second-order valence-corrected chi connectivity index (χ2v) is 5.68. The van der Waals surface area contributed by atoms with E-state index in [-0.39, 0.29) is 5.91 Å². The van der Waals surface area contributed by atoms with Crippen LogP contribution >= 0.6 is 11.3 Å². The van der Waals surface area contributed by atoms with Gasteiger partial charge in [-0.15, -0.1) is 11.3 Å². The fourth-order valence-electron chi connectivity index (χ4n) is 2.18. The smallest absolute Gasteiger partial charge is 0.277 e. The van der Waals surface area contributed by atoms with Gasteiger partial charge in [0.05, 0.1) is 5.69 Å². The Morgan fingerprint density at radius 1 is 1.17 bits per heavy atom. The van der Waals surface area contributed by atoms with Crippen LogP contribution in [0, 0.1) is 0 Å². The van der Waals surface area contributed by atoms with E-state index >= 15 is 0 Å². The van der Waals surface area contributed by atoms with E-state index in [0.717, 1.165) is 16.9 Å². The maximum atomic E-state index is 12.3. The molecule has 4 aromatic heterocycles. The van der Waals surface area contributed by atoms with Gasteiger partial charge >= 0.3 is 0 Å². The lowest BCUT2D eigenvalue weighted by Gasteiger charge is -1.97. The van der Waals surface area contributed by atoms with E-state index < -0.39 is 0 Å². The minimum atomic E-state index is -0.277. The summed E-state index contributed by atoms with van der Waals surface area (Å²) in [4.78, 5) is 25.1. The van der Waals surface area contributed by atoms with Gasteiger partial charge in [0.25, 0.3) is 5.91 Å². The van der Waals surface area contributed by atoms with Gasteiger partial charge in [-0.2, -0.15) is 0 Å². The van der Waals surface area contributed by atoms with Crippen LogP contribution < -0.4 is 5.32 Å². The predicted octanol–water partition coefficient (Wildman–Crippen LogP) is 3.11. The Kier molecular flexibility index (Phi) is 3.32. The standard InChI is InChI=1S/C16H11N5OS/c22-15(12-9-21-7-2-1-5-14(21)18-12)20-16-19-13(10-23-16)11-4-3-6-17-8-11/h1-10H,(H,19,20,22). The number of nitrogens with one attached hydrogen (secondary N) is 1. The lowest BCUT2D eigenvalue weighted by Crippen LogP contribution is -2.12. The Labute approximate surface area is 135 Å². The summed E-state index contributed by atoms with van der Waals surface area (Å²) in [7, 11) is 0. The van der Waals surface area contributed by atoms with Gasteiger partial charge in [0, 0.05) is 35.7 Å². The predicted molar refractivity (Wildman–Crippen MR) is 88.5 cm³/mol. The Morgan fingerprint density at radius 2 is 2.13 bits per heavy atom. The van der Waals surface area contributed by atoms with Crippen LogP contribution in [0.5, 0.6) is 0 Å². The summed E-state index contributed by atoms with van der Waals surface area (Å²) in [5.41, 5.74) is 2.78. The molecule has 1 N–H and O–H groups in total. The molecule has 4 heterocycles. The molecule has 0 atom stereocenters. The fraction of sp³-hybridized carbons (Fsp3) is 0. The van der Waals surface area contributed by atoms with E-state index in [4.69, 9.17) is 0 Å². The number of thiazole rings is 1. The Hall–Kier alpha value is -3.06.